The minimum Gasteiger partial charge on any atom is -0.465 e. The number of hydrogen-bond acceptors (Lipinski definition) is 6. The number of esters is 1. The number of aromatic nitrogens is 2. The molecule has 0 bridgehead atoms. The Bertz CT molecular complexity index is 986. The standard InChI is InChI=1S/C17H15FN4O4/c1-26-17(23)12-9-11(3-5-15(12)22(24)25)19-7-6-16-20-13-4-2-10(18)8-14(13)21-16/h2-5,8-9,19H,6-7H2,1H3,(H,20,21). The second kappa shape index (κ2) is 7.18. The van der Waals surface area contributed by atoms with Gasteiger partial charge in [-0.05, 0) is 30.3 Å². The average molecular weight is 358 g/mol. The first-order valence-electron chi connectivity index (χ1n) is 7.72. The highest BCUT2D eigenvalue weighted by Crippen LogP contribution is 2.23. The number of halogens is 1. The summed E-state index contributed by atoms with van der Waals surface area (Å²) in [5, 5.41) is 14.1. The number of methoxy groups -OCH3 is 1. The Labute approximate surface area is 147 Å². The highest BCUT2D eigenvalue weighted by atomic mass is 19.1. The number of hydrogen-bond donors (Lipinski definition) is 2. The number of ether oxygens (including phenoxy) is 1. The molecular formula is C17H15FN4O4. The molecule has 0 atom stereocenters. The van der Waals surface area contributed by atoms with Crippen molar-refractivity contribution in [3.8, 4) is 0 Å². The predicted octanol–water partition coefficient (Wildman–Crippen LogP) is 3.05. The molecule has 0 unspecified atom stereocenters. The Morgan fingerprint density at radius 3 is 2.88 bits per heavy atom. The molecule has 8 nitrogen and oxygen atoms in total. The molecule has 9 heteroatoms. The number of nitrogens with one attached hydrogen (secondary N) is 2. The summed E-state index contributed by atoms with van der Waals surface area (Å²) in [5.74, 6) is -0.445. The molecule has 3 aromatic rings. The number of carbonyl (C=O) groups is 1. The Morgan fingerprint density at radius 2 is 2.15 bits per heavy atom. The maximum atomic E-state index is 13.2. The maximum absolute atomic E-state index is 13.2. The molecular weight excluding hydrogens is 343 g/mol. The first-order valence-corrected chi connectivity index (χ1v) is 7.72. The fraction of sp³-hybridized carbons (Fsp3) is 0.176. The van der Waals surface area contributed by atoms with Gasteiger partial charge in [0.2, 0.25) is 0 Å². The van der Waals surface area contributed by atoms with E-state index in [4.69, 9.17) is 0 Å². The Morgan fingerprint density at radius 1 is 1.35 bits per heavy atom. The molecule has 0 aliphatic carbocycles. The van der Waals surface area contributed by atoms with Gasteiger partial charge in [0.1, 0.15) is 17.2 Å². The van der Waals surface area contributed by atoms with Crippen LogP contribution in [0, 0.1) is 15.9 Å². The van der Waals surface area contributed by atoms with Crippen LogP contribution in [-0.2, 0) is 11.2 Å². The average Bonchev–Trinajstić information content (AvgIpc) is 3.02. The summed E-state index contributed by atoms with van der Waals surface area (Å²) in [6.45, 7) is 0.459. The Balaban J connectivity index is 1.70. The Kier molecular flexibility index (Phi) is 4.78. The molecule has 134 valence electrons. The van der Waals surface area contributed by atoms with E-state index in [1.54, 1.807) is 6.07 Å². The van der Waals surface area contributed by atoms with Crippen molar-refractivity contribution in [3.63, 3.8) is 0 Å². The third kappa shape index (κ3) is 3.61. The molecule has 0 saturated heterocycles. The number of benzene rings is 2. The van der Waals surface area contributed by atoms with Crippen molar-refractivity contribution in [2.45, 2.75) is 6.42 Å². The van der Waals surface area contributed by atoms with Crippen LogP contribution >= 0.6 is 0 Å². The van der Waals surface area contributed by atoms with E-state index in [1.807, 2.05) is 0 Å². The molecule has 0 fully saturated rings. The molecule has 0 aliphatic heterocycles. The smallest absolute Gasteiger partial charge is 0.344 e. The third-order valence-electron chi connectivity index (χ3n) is 3.78. The maximum Gasteiger partial charge on any atom is 0.344 e. The molecule has 1 aromatic heterocycles. The lowest BCUT2D eigenvalue weighted by Crippen LogP contribution is -2.09. The second-order valence-corrected chi connectivity index (χ2v) is 5.50. The lowest BCUT2D eigenvalue weighted by molar-refractivity contribution is -0.385. The van der Waals surface area contributed by atoms with Gasteiger partial charge in [-0.1, -0.05) is 0 Å². The number of aromatic amines is 1. The zero-order valence-electron chi connectivity index (χ0n) is 13.8. The number of carbonyl (C=O) groups excluding carboxylic acids is 1. The van der Waals surface area contributed by atoms with Gasteiger partial charge in [-0.25, -0.2) is 14.2 Å². The van der Waals surface area contributed by atoms with Crippen molar-refractivity contribution in [1.29, 1.82) is 0 Å². The molecule has 0 aliphatic rings. The van der Waals surface area contributed by atoms with E-state index in [-0.39, 0.29) is 17.1 Å². The second-order valence-electron chi connectivity index (χ2n) is 5.50. The van der Waals surface area contributed by atoms with Crippen molar-refractivity contribution < 1.29 is 18.8 Å². The van der Waals surface area contributed by atoms with Gasteiger partial charge in [0.15, 0.2) is 0 Å². The largest absolute Gasteiger partial charge is 0.465 e. The van der Waals surface area contributed by atoms with Crippen LogP contribution in [0.3, 0.4) is 0 Å². The summed E-state index contributed by atoms with van der Waals surface area (Å²) in [4.78, 5) is 29.5. The van der Waals surface area contributed by atoms with Gasteiger partial charge >= 0.3 is 5.97 Å². The zero-order valence-corrected chi connectivity index (χ0v) is 13.8. The number of nitro benzene ring substituents is 1. The summed E-state index contributed by atoms with van der Waals surface area (Å²) in [6, 6.07) is 8.45. The van der Waals surface area contributed by atoms with Crippen LogP contribution in [0.15, 0.2) is 36.4 Å². The van der Waals surface area contributed by atoms with Crippen molar-refractivity contribution in [1.82, 2.24) is 9.97 Å². The lowest BCUT2D eigenvalue weighted by atomic mass is 10.1. The molecule has 2 N–H and O–H groups in total. The number of H-pyrrole nitrogens is 1. The Hall–Kier alpha value is -3.49. The van der Waals surface area contributed by atoms with E-state index >= 15 is 0 Å². The summed E-state index contributed by atoms with van der Waals surface area (Å²) in [7, 11) is 1.16. The quantitative estimate of drug-likeness (QED) is 0.398. The van der Waals surface area contributed by atoms with E-state index < -0.39 is 10.9 Å². The van der Waals surface area contributed by atoms with Crippen LogP contribution in [0.5, 0.6) is 0 Å². The minimum atomic E-state index is -0.778. The highest BCUT2D eigenvalue weighted by molar-refractivity contribution is 5.95. The molecule has 0 amide bonds. The number of rotatable bonds is 6. The minimum absolute atomic E-state index is 0.123. The first kappa shape index (κ1) is 17.3. The van der Waals surface area contributed by atoms with Crippen molar-refractivity contribution in [2.24, 2.45) is 0 Å². The molecule has 2 aromatic carbocycles. The van der Waals surface area contributed by atoms with Gasteiger partial charge in [-0.15, -0.1) is 0 Å². The summed E-state index contributed by atoms with van der Waals surface area (Å²) >= 11 is 0. The van der Waals surface area contributed by atoms with E-state index in [0.717, 1.165) is 7.11 Å². The summed E-state index contributed by atoms with van der Waals surface area (Å²) in [6.07, 6.45) is 0.515. The predicted molar refractivity (Wildman–Crippen MR) is 92.7 cm³/mol. The molecule has 26 heavy (non-hydrogen) atoms. The van der Waals surface area contributed by atoms with Crippen LogP contribution in [0.4, 0.5) is 15.8 Å². The van der Waals surface area contributed by atoms with Crippen molar-refractivity contribution in [2.75, 3.05) is 19.0 Å². The lowest BCUT2D eigenvalue weighted by Gasteiger charge is -2.07. The van der Waals surface area contributed by atoms with E-state index in [9.17, 15) is 19.3 Å². The number of nitro groups is 1. The summed E-state index contributed by atoms with van der Waals surface area (Å²) in [5.41, 5.74) is 1.38. The van der Waals surface area contributed by atoms with Crippen LogP contribution < -0.4 is 5.32 Å². The van der Waals surface area contributed by atoms with Crippen LogP contribution in [0.1, 0.15) is 16.2 Å². The zero-order chi connectivity index (χ0) is 18.7. The van der Waals surface area contributed by atoms with Gasteiger partial charge in [-0.3, -0.25) is 10.1 Å². The van der Waals surface area contributed by atoms with Gasteiger partial charge in [0.05, 0.1) is 23.1 Å². The molecule has 3 rings (SSSR count). The van der Waals surface area contributed by atoms with E-state index in [1.165, 1.54) is 30.3 Å². The third-order valence-corrected chi connectivity index (χ3v) is 3.78. The monoisotopic (exact) mass is 358 g/mol. The van der Waals surface area contributed by atoms with Gasteiger partial charge in [-0.2, -0.15) is 0 Å². The molecule has 0 spiro atoms. The molecule has 0 radical (unpaired) electrons. The highest BCUT2D eigenvalue weighted by Gasteiger charge is 2.21. The topological polar surface area (TPSA) is 110 Å². The van der Waals surface area contributed by atoms with Crippen LogP contribution in [0.25, 0.3) is 11.0 Å². The first-order chi connectivity index (χ1) is 12.5. The van der Waals surface area contributed by atoms with Gasteiger partial charge in [0.25, 0.3) is 5.69 Å². The van der Waals surface area contributed by atoms with Crippen molar-refractivity contribution >= 4 is 28.4 Å². The molecule has 0 saturated carbocycles. The summed E-state index contributed by atoms with van der Waals surface area (Å²) < 4.78 is 17.8. The van der Waals surface area contributed by atoms with E-state index in [2.05, 4.69) is 20.0 Å². The van der Waals surface area contributed by atoms with Crippen LogP contribution in [0.2, 0.25) is 0 Å². The number of fused-ring (bicyclic) bond motifs is 1. The number of imidazole rings is 1. The SMILES string of the molecule is COC(=O)c1cc(NCCc2nc3ccc(F)cc3[nH]2)ccc1[N+](=O)[O-]. The molecule has 1 heterocycles. The van der Waals surface area contributed by atoms with E-state index in [0.29, 0.717) is 35.5 Å². The fourth-order valence-electron chi connectivity index (χ4n) is 2.56. The number of anilines is 1. The van der Waals surface area contributed by atoms with Crippen LogP contribution in [-0.4, -0.2) is 34.5 Å². The fourth-order valence-corrected chi connectivity index (χ4v) is 2.56. The normalized spacial score (nSPS) is 10.7. The number of nitrogens with zero attached hydrogens (tertiary/aromatic N) is 2. The van der Waals surface area contributed by atoms with Crippen molar-refractivity contribution in [3.05, 3.63) is 63.7 Å². The van der Waals surface area contributed by atoms with Gasteiger partial charge < -0.3 is 15.0 Å². The van der Waals surface area contributed by atoms with Gasteiger partial charge in [0, 0.05) is 24.7 Å².